The normalized spacial score (nSPS) is 19.2. The van der Waals surface area contributed by atoms with E-state index in [9.17, 15) is 14.2 Å². The van der Waals surface area contributed by atoms with Crippen molar-refractivity contribution in [1.82, 2.24) is 5.48 Å². The average molecular weight is 535 g/mol. The van der Waals surface area contributed by atoms with Gasteiger partial charge in [0.25, 0.3) is 5.91 Å². The third kappa shape index (κ3) is 5.80. The number of hydrogen-bond acceptors (Lipinski definition) is 5. The Morgan fingerprint density at radius 3 is 2.55 bits per heavy atom. The highest BCUT2D eigenvalue weighted by atomic mass is 32.2. The molecule has 0 aromatic heterocycles. The molecule has 3 aromatic carbocycles. The number of nitrogens with one attached hydrogen (secondary N) is 1. The van der Waals surface area contributed by atoms with Crippen LogP contribution in [-0.4, -0.2) is 52.7 Å². The fourth-order valence-corrected chi connectivity index (χ4v) is 7.64. The molecule has 0 bridgehead atoms. The molecule has 1 fully saturated rings. The molecular weight excluding hydrogens is 496 g/mol. The van der Waals surface area contributed by atoms with Gasteiger partial charge in [-0.25, -0.2) is 5.48 Å². The molecule has 1 amide bonds. The van der Waals surface area contributed by atoms with Gasteiger partial charge in [0, 0.05) is 46.9 Å². The summed E-state index contributed by atoms with van der Waals surface area (Å²) < 4.78 is 18.3. The Labute approximate surface area is 226 Å². The molecule has 202 valence electrons. The molecule has 7 heteroatoms. The zero-order valence-electron chi connectivity index (χ0n) is 22.3. The number of carbonyl (C=O) groups excluding carboxylic acids is 1. The number of amides is 1. The minimum Gasteiger partial charge on any atom is -0.381 e. The number of hydroxylamine groups is 1. The van der Waals surface area contributed by atoms with Crippen molar-refractivity contribution in [2.24, 2.45) is 0 Å². The molecule has 2 atom stereocenters. The molecule has 0 radical (unpaired) electrons. The van der Waals surface area contributed by atoms with Crippen molar-refractivity contribution < 1.29 is 18.9 Å². The molecule has 1 saturated heterocycles. The summed E-state index contributed by atoms with van der Waals surface area (Å²) in [6.07, 6.45) is 3.02. The first-order valence-electron chi connectivity index (χ1n) is 13.1. The van der Waals surface area contributed by atoms with Crippen molar-refractivity contribution in [2.45, 2.75) is 48.7 Å². The van der Waals surface area contributed by atoms with E-state index in [1.807, 2.05) is 31.2 Å². The predicted molar refractivity (Wildman–Crippen MR) is 156 cm³/mol. The lowest BCUT2D eigenvalue weighted by Crippen LogP contribution is -2.52. The fourth-order valence-electron chi connectivity index (χ4n) is 5.30. The van der Waals surface area contributed by atoms with Gasteiger partial charge in [-0.05, 0) is 91.4 Å². The molecule has 2 unspecified atom stereocenters. The molecule has 0 spiro atoms. The molecule has 3 aromatic rings. The second kappa shape index (κ2) is 12.2. The fraction of sp³-hybridized carbons (Fsp3) is 0.355. The predicted octanol–water partition coefficient (Wildman–Crippen LogP) is 5.25. The maximum atomic E-state index is 14.1. The van der Waals surface area contributed by atoms with Crippen LogP contribution in [-0.2, 0) is 25.5 Å². The van der Waals surface area contributed by atoms with Gasteiger partial charge < -0.3 is 9.64 Å². The summed E-state index contributed by atoms with van der Waals surface area (Å²) in [7, 11) is -0.944. The van der Waals surface area contributed by atoms with Gasteiger partial charge in [-0.15, -0.1) is 0 Å². The first kappa shape index (κ1) is 27.9. The quantitative estimate of drug-likeness (QED) is 0.223. The SMILES string of the molecule is C=S(=O)(c1ccc(CCCN(C)c2cccc(-c3ccccc3)c2)c(C)c1)C1(C(=O)NO)CCCOCC1. The van der Waals surface area contributed by atoms with Gasteiger partial charge >= 0.3 is 0 Å². The Kier molecular flexibility index (Phi) is 8.92. The third-order valence-electron chi connectivity index (χ3n) is 7.69. The Hall–Kier alpha value is -3.13. The van der Waals surface area contributed by atoms with Gasteiger partial charge in [0.2, 0.25) is 0 Å². The van der Waals surface area contributed by atoms with Crippen molar-refractivity contribution >= 4 is 27.0 Å². The van der Waals surface area contributed by atoms with Crippen LogP contribution in [0.4, 0.5) is 5.69 Å². The maximum absolute atomic E-state index is 14.1. The molecule has 0 saturated carbocycles. The van der Waals surface area contributed by atoms with Crippen LogP contribution in [0.5, 0.6) is 0 Å². The summed E-state index contributed by atoms with van der Waals surface area (Å²) >= 11 is 0. The molecule has 1 aliphatic heterocycles. The van der Waals surface area contributed by atoms with Gasteiger partial charge in [0.05, 0.1) is 0 Å². The molecule has 38 heavy (non-hydrogen) atoms. The van der Waals surface area contributed by atoms with Gasteiger partial charge in [-0.2, -0.15) is 0 Å². The second-order valence-corrected chi connectivity index (χ2v) is 12.7. The van der Waals surface area contributed by atoms with Gasteiger partial charge in [0.15, 0.2) is 0 Å². The van der Waals surface area contributed by atoms with Gasteiger partial charge in [-0.1, -0.05) is 48.5 Å². The minimum atomic E-state index is -3.05. The van der Waals surface area contributed by atoms with E-state index in [1.165, 1.54) is 22.4 Å². The number of nitrogens with zero attached hydrogens (tertiary/aromatic N) is 1. The lowest BCUT2D eigenvalue weighted by atomic mass is 9.99. The van der Waals surface area contributed by atoms with Crippen LogP contribution in [0.3, 0.4) is 0 Å². The Morgan fingerprint density at radius 2 is 1.82 bits per heavy atom. The minimum absolute atomic E-state index is 0.250. The van der Waals surface area contributed by atoms with E-state index in [4.69, 9.17) is 4.74 Å². The van der Waals surface area contributed by atoms with Crippen LogP contribution in [0, 0.1) is 6.92 Å². The molecule has 6 nitrogen and oxygen atoms in total. The van der Waals surface area contributed by atoms with Crippen molar-refractivity contribution in [3.05, 3.63) is 83.9 Å². The van der Waals surface area contributed by atoms with Gasteiger partial charge in [0.1, 0.15) is 4.75 Å². The second-order valence-electron chi connectivity index (χ2n) is 10.1. The zero-order chi connectivity index (χ0) is 27.2. The number of anilines is 1. The van der Waals surface area contributed by atoms with Crippen molar-refractivity contribution in [3.8, 4) is 11.1 Å². The molecule has 4 rings (SSSR count). The number of aryl methyl sites for hydroxylation is 2. The van der Waals surface area contributed by atoms with Crippen LogP contribution in [0.2, 0.25) is 0 Å². The van der Waals surface area contributed by atoms with Crippen molar-refractivity contribution in [3.63, 3.8) is 0 Å². The van der Waals surface area contributed by atoms with Crippen LogP contribution in [0.15, 0.2) is 77.7 Å². The number of carbonyl (C=O) groups is 1. The monoisotopic (exact) mass is 534 g/mol. The summed E-state index contributed by atoms with van der Waals surface area (Å²) in [4.78, 5) is 15.6. The summed E-state index contributed by atoms with van der Waals surface area (Å²) in [5, 5.41) is 9.45. The highest BCUT2D eigenvalue weighted by Gasteiger charge is 2.47. The van der Waals surface area contributed by atoms with Crippen LogP contribution < -0.4 is 10.4 Å². The van der Waals surface area contributed by atoms with Crippen molar-refractivity contribution in [2.75, 3.05) is 31.7 Å². The summed E-state index contributed by atoms with van der Waals surface area (Å²) in [5.41, 5.74) is 7.54. The Bertz CT molecular complexity index is 1350. The molecular formula is C31H38N2O4S. The maximum Gasteiger partial charge on any atom is 0.262 e. The molecule has 2 N–H and O–H groups in total. The van der Waals surface area contributed by atoms with E-state index < -0.39 is 20.2 Å². The van der Waals surface area contributed by atoms with E-state index in [1.54, 1.807) is 5.48 Å². The largest absolute Gasteiger partial charge is 0.381 e. The zero-order valence-corrected chi connectivity index (χ0v) is 23.1. The van der Waals surface area contributed by atoms with E-state index >= 15 is 0 Å². The van der Waals surface area contributed by atoms with E-state index in [0.29, 0.717) is 31.0 Å². The number of benzene rings is 3. The average Bonchev–Trinajstić information content (AvgIpc) is 3.21. The smallest absolute Gasteiger partial charge is 0.262 e. The summed E-state index contributed by atoms with van der Waals surface area (Å²) in [6.45, 7) is 3.71. The lowest BCUT2D eigenvalue weighted by molar-refractivity contribution is -0.132. The van der Waals surface area contributed by atoms with E-state index in [0.717, 1.165) is 24.9 Å². The van der Waals surface area contributed by atoms with E-state index in [-0.39, 0.29) is 6.42 Å². The lowest BCUT2D eigenvalue weighted by Gasteiger charge is -2.33. The van der Waals surface area contributed by atoms with Gasteiger partial charge in [-0.3, -0.25) is 14.2 Å². The van der Waals surface area contributed by atoms with Crippen LogP contribution >= 0.6 is 0 Å². The number of hydrogen-bond donors (Lipinski definition) is 2. The third-order valence-corrected chi connectivity index (χ3v) is 10.6. The van der Waals surface area contributed by atoms with Crippen LogP contribution in [0.25, 0.3) is 11.1 Å². The molecule has 1 heterocycles. The first-order valence-corrected chi connectivity index (χ1v) is 14.9. The summed E-state index contributed by atoms with van der Waals surface area (Å²) in [6, 6.07) is 24.7. The number of ether oxygens (including phenoxy) is 1. The van der Waals surface area contributed by atoms with Crippen LogP contribution in [0.1, 0.15) is 36.8 Å². The van der Waals surface area contributed by atoms with Crippen molar-refractivity contribution in [1.29, 1.82) is 0 Å². The highest BCUT2D eigenvalue weighted by Crippen LogP contribution is 2.36. The molecule has 1 aliphatic rings. The number of rotatable bonds is 9. The Morgan fingerprint density at radius 1 is 1.05 bits per heavy atom. The Balaban J connectivity index is 1.44. The highest BCUT2D eigenvalue weighted by molar-refractivity contribution is 8.02. The molecule has 0 aliphatic carbocycles. The van der Waals surface area contributed by atoms with E-state index in [2.05, 4.69) is 66.3 Å². The standard InChI is InChI=1S/C31H38N2O4S/c1-24-22-29(38(3,36)31(30(34)32-35)17-9-20-37-21-18-31)16-15-25(24)13-8-19-33(2)28-14-7-12-27(23-28)26-10-5-4-6-11-26/h4-7,10-12,14-16,22-23,35H,3,8-9,13,17-21H2,1-2H3,(H,32,34). The topological polar surface area (TPSA) is 78.9 Å². The first-order chi connectivity index (χ1) is 18.3. The summed E-state index contributed by atoms with van der Waals surface area (Å²) in [5.74, 6) is 3.41.